The number of ether oxygens (including phenoxy) is 1. The van der Waals surface area contributed by atoms with Gasteiger partial charge in [0.2, 0.25) is 0 Å². The number of aromatic nitrogens is 1. The van der Waals surface area contributed by atoms with E-state index in [9.17, 15) is 4.79 Å². The zero-order valence-corrected chi connectivity index (χ0v) is 10.5. The Bertz CT molecular complexity index is 417. The minimum Gasteiger partial charge on any atom is -0.378 e. The van der Waals surface area contributed by atoms with E-state index in [4.69, 9.17) is 16.3 Å². The van der Waals surface area contributed by atoms with Crippen LogP contribution in [0.25, 0.3) is 0 Å². The van der Waals surface area contributed by atoms with Crippen LogP contribution in [0, 0.1) is 0 Å². The minimum atomic E-state index is 0.00676. The van der Waals surface area contributed by atoms with Gasteiger partial charge in [-0.2, -0.15) is 0 Å². The molecular formula is C12H15ClN2O2. The molecule has 0 N–H and O–H groups in total. The number of nitrogens with zero attached hydrogens (tertiary/aromatic N) is 2. The van der Waals surface area contributed by atoms with Gasteiger partial charge in [-0.3, -0.25) is 4.79 Å². The molecule has 0 aromatic carbocycles. The fourth-order valence-corrected chi connectivity index (χ4v) is 2.03. The zero-order valence-electron chi connectivity index (χ0n) is 9.78. The van der Waals surface area contributed by atoms with E-state index in [0.29, 0.717) is 37.0 Å². The van der Waals surface area contributed by atoms with Gasteiger partial charge in [-0.25, -0.2) is 4.98 Å². The van der Waals surface area contributed by atoms with Gasteiger partial charge >= 0.3 is 0 Å². The summed E-state index contributed by atoms with van der Waals surface area (Å²) in [6.45, 7) is 4.47. The predicted octanol–water partition coefficient (Wildman–Crippen LogP) is 1.77. The van der Waals surface area contributed by atoms with Crippen molar-refractivity contribution in [3.63, 3.8) is 0 Å². The number of carbonyl (C=O) groups excluding carboxylic acids is 1. The van der Waals surface area contributed by atoms with E-state index in [2.05, 4.69) is 4.98 Å². The molecule has 0 unspecified atom stereocenters. The van der Waals surface area contributed by atoms with Crippen LogP contribution in [0.15, 0.2) is 12.1 Å². The highest BCUT2D eigenvalue weighted by molar-refractivity contribution is 6.29. The van der Waals surface area contributed by atoms with Crippen molar-refractivity contribution in [3.8, 4) is 0 Å². The molecule has 1 saturated heterocycles. The number of morpholine rings is 1. The molecule has 2 heterocycles. The number of hydrogen-bond acceptors (Lipinski definition) is 3. The van der Waals surface area contributed by atoms with E-state index in [1.165, 1.54) is 0 Å². The van der Waals surface area contributed by atoms with Gasteiger partial charge in [-0.15, -0.1) is 0 Å². The second kappa shape index (κ2) is 5.47. The minimum absolute atomic E-state index is 0.00676. The lowest BCUT2D eigenvalue weighted by Gasteiger charge is -2.27. The third-order valence-corrected chi connectivity index (χ3v) is 2.95. The molecule has 1 amide bonds. The normalized spacial score (nSPS) is 16.0. The first-order valence-electron chi connectivity index (χ1n) is 5.74. The van der Waals surface area contributed by atoms with E-state index in [-0.39, 0.29) is 5.91 Å². The van der Waals surface area contributed by atoms with E-state index in [1.807, 2.05) is 13.0 Å². The zero-order chi connectivity index (χ0) is 12.3. The third kappa shape index (κ3) is 2.96. The first-order valence-corrected chi connectivity index (χ1v) is 6.12. The quantitative estimate of drug-likeness (QED) is 0.756. The fraction of sp³-hybridized carbons (Fsp3) is 0.500. The number of amides is 1. The fourth-order valence-electron chi connectivity index (χ4n) is 1.80. The molecule has 17 heavy (non-hydrogen) atoms. The van der Waals surface area contributed by atoms with Crippen LogP contribution >= 0.6 is 11.6 Å². The number of carbonyl (C=O) groups is 1. The van der Waals surface area contributed by atoms with Gasteiger partial charge in [0.15, 0.2) is 0 Å². The summed E-state index contributed by atoms with van der Waals surface area (Å²) in [7, 11) is 0. The highest BCUT2D eigenvalue weighted by atomic mass is 35.5. The summed E-state index contributed by atoms with van der Waals surface area (Å²) in [6.07, 6.45) is 0.768. The smallest absolute Gasteiger partial charge is 0.254 e. The Morgan fingerprint density at radius 1 is 1.47 bits per heavy atom. The summed E-state index contributed by atoms with van der Waals surface area (Å²) in [5.41, 5.74) is 1.46. The Morgan fingerprint density at radius 3 is 2.82 bits per heavy atom. The van der Waals surface area contributed by atoms with Gasteiger partial charge < -0.3 is 9.64 Å². The van der Waals surface area contributed by atoms with Crippen LogP contribution in [0.5, 0.6) is 0 Å². The lowest BCUT2D eigenvalue weighted by molar-refractivity contribution is 0.0303. The summed E-state index contributed by atoms with van der Waals surface area (Å²) in [5, 5.41) is 0.376. The SMILES string of the molecule is CCc1cc(C(=O)N2CCOCC2)cc(Cl)n1. The van der Waals surface area contributed by atoms with E-state index >= 15 is 0 Å². The summed E-state index contributed by atoms with van der Waals surface area (Å²) < 4.78 is 5.22. The number of hydrogen-bond donors (Lipinski definition) is 0. The molecule has 1 aromatic rings. The molecule has 92 valence electrons. The first kappa shape index (κ1) is 12.3. The van der Waals surface area contributed by atoms with E-state index in [1.54, 1.807) is 11.0 Å². The molecule has 0 bridgehead atoms. The summed E-state index contributed by atoms with van der Waals surface area (Å²) in [5.74, 6) is 0.00676. The maximum Gasteiger partial charge on any atom is 0.254 e. The number of aryl methyl sites for hydroxylation is 1. The van der Waals surface area contributed by atoms with Crippen molar-refractivity contribution in [1.82, 2.24) is 9.88 Å². The van der Waals surface area contributed by atoms with Crippen LogP contribution < -0.4 is 0 Å². The molecule has 0 radical (unpaired) electrons. The first-order chi connectivity index (χ1) is 8.20. The lowest BCUT2D eigenvalue weighted by Crippen LogP contribution is -2.40. The average molecular weight is 255 g/mol. The van der Waals surface area contributed by atoms with Crippen molar-refractivity contribution in [2.45, 2.75) is 13.3 Å². The maximum absolute atomic E-state index is 12.2. The lowest BCUT2D eigenvalue weighted by atomic mass is 10.1. The molecule has 0 saturated carbocycles. The summed E-state index contributed by atoms with van der Waals surface area (Å²) in [6, 6.07) is 3.43. The molecule has 0 aliphatic carbocycles. The Labute approximate surface area is 106 Å². The Morgan fingerprint density at radius 2 is 2.18 bits per heavy atom. The molecule has 1 aliphatic rings. The summed E-state index contributed by atoms with van der Waals surface area (Å²) in [4.78, 5) is 18.1. The van der Waals surface area contributed by atoms with Gasteiger partial charge in [-0.05, 0) is 18.6 Å². The van der Waals surface area contributed by atoms with Crippen LogP contribution in [0.2, 0.25) is 5.15 Å². The van der Waals surface area contributed by atoms with E-state index in [0.717, 1.165) is 12.1 Å². The van der Waals surface area contributed by atoms with Crippen LogP contribution in [-0.4, -0.2) is 42.1 Å². The van der Waals surface area contributed by atoms with Gasteiger partial charge in [-0.1, -0.05) is 18.5 Å². The molecule has 2 rings (SSSR count). The van der Waals surface area contributed by atoms with Crippen molar-refractivity contribution in [3.05, 3.63) is 28.5 Å². The van der Waals surface area contributed by atoms with Gasteiger partial charge in [0.1, 0.15) is 5.15 Å². The third-order valence-electron chi connectivity index (χ3n) is 2.75. The van der Waals surface area contributed by atoms with Crippen LogP contribution in [0.4, 0.5) is 0 Å². The van der Waals surface area contributed by atoms with Crippen molar-refractivity contribution in [2.75, 3.05) is 26.3 Å². The molecule has 1 fully saturated rings. The summed E-state index contributed by atoms with van der Waals surface area (Å²) >= 11 is 5.91. The monoisotopic (exact) mass is 254 g/mol. The van der Waals surface area contributed by atoms with E-state index < -0.39 is 0 Å². The molecule has 0 atom stereocenters. The van der Waals surface area contributed by atoms with Crippen molar-refractivity contribution in [2.24, 2.45) is 0 Å². The van der Waals surface area contributed by atoms with Gasteiger partial charge in [0, 0.05) is 24.3 Å². The maximum atomic E-state index is 12.2. The topological polar surface area (TPSA) is 42.4 Å². The standard InChI is InChI=1S/C12H15ClN2O2/c1-2-10-7-9(8-11(13)14-10)12(16)15-3-5-17-6-4-15/h7-8H,2-6H2,1H3. The molecule has 5 heteroatoms. The largest absolute Gasteiger partial charge is 0.378 e. The second-order valence-electron chi connectivity index (χ2n) is 3.93. The molecular weight excluding hydrogens is 240 g/mol. The van der Waals surface area contributed by atoms with Crippen molar-refractivity contribution < 1.29 is 9.53 Å². The van der Waals surface area contributed by atoms with Gasteiger partial charge in [0.25, 0.3) is 5.91 Å². The number of halogens is 1. The Hall–Kier alpha value is -1.13. The Balaban J connectivity index is 2.20. The second-order valence-corrected chi connectivity index (χ2v) is 4.32. The molecule has 4 nitrogen and oxygen atoms in total. The predicted molar refractivity (Wildman–Crippen MR) is 65.3 cm³/mol. The average Bonchev–Trinajstić information content (AvgIpc) is 2.38. The Kier molecular flexibility index (Phi) is 3.97. The van der Waals surface area contributed by atoms with Crippen LogP contribution in [0.1, 0.15) is 23.0 Å². The number of pyridine rings is 1. The van der Waals surface area contributed by atoms with Crippen molar-refractivity contribution in [1.29, 1.82) is 0 Å². The number of rotatable bonds is 2. The highest BCUT2D eigenvalue weighted by Gasteiger charge is 2.19. The van der Waals surface area contributed by atoms with Gasteiger partial charge in [0.05, 0.1) is 13.2 Å². The van der Waals surface area contributed by atoms with Crippen LogP contribution in [0.3, 0.4) is 0 Å². The molecule has 1 aliphatic heterocycles. The molecule has 0 spiro atoms. The van der Waals surface area contributed by atoms with Crippen LogP contribution in [-0.2, 0) is 11.2 Å². The van der Waals surface area contributed by atoms with Crippen molar-refractivity contribution >= 4 is 17.5 Å². The highest BCUT2D eigenvalue weighted by Crippen LogP contribution is 2.14. The molecule has 1 aromatic heterocycles.